The lowest BCUT2D eigenvalue weighted by Crippen LogP contribution is -2.09. The lowest BCUT2D eigenvalue weighted by atomic mass is 10.1. The molecule has 4 aromatic heterocycles. The molecule has 200 valence electrons. The van der Waals surface area contributed by atoms with E-state index in [0.29, 0.717) is 0 Å². The first-order valence-electron chi connectivity index (χ1n) is 13.9. The lowest BCUT2D eigenvalue weighted by molar-refractivity contribution is 1.18. The van der Waals surface area contributed by atoms with Gasteiger partial charge in [-0.25, -0.2) is 4.98 Å². The van der Waals surface area contributed by atoms with E-state index in [-0.39, 0.29) is 0 Å². The van der Waals surface area contributed by atoms with Crippen LogP contribution in [0.15, 0.2) is 152 Å². The monoisotopic (exact) mass is 575 g/mol. The van der Waals surface area contributed by atoms with E-state index in [1.165, 1.54) is 47.7 Å². The predicted molar refractivity (Wildman–Crippen MR) is 180 cm³/mol. The fourth-order valence-corrected chi connectivity index (χ4v) is 7.87. The maximum atomic E-state index is 4.73. The van der Waals surface area contributed by atoms with Gasteiger partial charge in [0.1, 0.15) is 10.8 Å². The zero-order chi connectivity index (χ0) is 27.9. The molecule has 0 spiro atoms. The van der Waals surface area contributed by atoms with Crippen LogP contribution in [0.3, 0.4) is 0 Å². The number of anilines is 3. The molecule has 0 aliphatic carbocycles. The van der Waals surface area contributed by atoms with Crippen molar-refractivity contribution in [3.8, 4) is 26.6 Å². The Kier molecular flexibility index (Phi) is 6.17. The summed E-state index contributed by atoms with van der Waals surface area (Å²) < 4.78 is 3.70. The van der Waals surface area contributed by atoms with Crippen molar-refractivity contribution in [1.29, 1.82) is 0 Å². The summed E-state index contributed by atoms with van der Waals surface area (Å²) in [6, 6.07) is 51.5. The minimum absolute atomic E-state index is 0.899. The zero-order valence-corrected chi connectivity index (χ0v) is 24.2. The van der Waals surface area contributed by atoms with Crippen LogP contribution in [0.4, 0.5) is 16.5 Å². The molecule has 0 N–H and O–H groups in total. The fourth-order valence-electron chi connectivity index (χ4n) is 5.58. The van der Waals surface area contributed by atoms with Gasteiger partial charge in [0, 0.05) is 32.7 Å². The second-order valence-electron chi connectivity index (χ2n) is 10.1. The molecule has 0 unspecified atom stereocenters. The summed E-state index contributed by atoms with van der Waals surface area (Å²) in [5.74, 6) is 0.899. The number of para-hydroxylation sites is 2. The van der Waals surface area contributed by atoms with Crippen molar-refractivity contribution in [3.05, 3.63) is 152 Å². The molecule has 0 fully saturated rings. The van der Waals surface area contributed by atoms with Crippen LogP contribution in [0.25, 0.3) is 47.7 Å². The highest BCUT2D eigenvalue weighted by Gasteiger charge is 2.20. The molecule has 0 bridgehead atoms. The van der Waals surface area contributed by atoms with Gasteiger partial charge in [-0.05, 0) is 71.8 Å². The van der Waals surface area contributed by atoms with Crippen LogP contribution >= 0.6 is 22.7 Å². The lowest BCUT2D eigenvalue weighted by Gasteiger charge is -2.22. The summed E-state index contributed by atoms with van der Waals surface area (Å²) in [6.45, 7) is 0. The first-order chi connectivity index (χ1) is 20.8. The molecule has 4 heterocycles. The van der Waals surface area contributed by atoms with Gasteiger partial charge in [0.05, 0.1) is 15.7 Å². The van der Waals surface area contributed by atoms with Gasteiger partial charge in [0.25, 0.3) is 0 Å². The van der Waals surface area contributed by atoms with Gasteiger partial charge in [0.15, 0.2) is 0 Å². The highest BCUT2D eigenvalue weighted by molar-refractivity contribution is 7.27. The SMILES string of the molecule is c1ccc(-c2ccc(N(c3ccccn3)c3ccc(-c4cc5c(s4)c4ccccc4n5-c4ccccc4)s3)cc2)cc1. The average molecular weight is 576 g/mol. The van der Waals surface area contributed by atoms with E-state index in [4.69, 9.17) is 4.98 Å². The summed E-state index contributed by atoms with van der Waals surface area (Å²) in [4.78, 5) is 9.50. The van der Waals surface area contributed by atoms with Gasteiger partial charge in [-0.1, -0.05) is 84.9 Å². The van der Waals surface area contributed by atoms with Crippen molar-refractivity contribution in [2.75, 3.05) is 4.90 Å². The second-order valence-corrected chi connectivity index (χ2v) is 12.2. The highest BCUT2D eigenvalue weighted by Crippen LogP contribution is 2.46. The molecule has 0 aliphatic rings. The second kappa shape index (κ2) is 10.5. The molecule has 3 nitrogen and oxygen atoms in total. The number of pyridine rings is 1. The zero-order valence-electron chi connectivity index (χ0n) is 22.6. The molecule has 0 atom stereocenters. The van der Waals surface area contributed by atoms with Crippen LogP contribution in [0.1, 0.15) is 0 Å². The number of benzene rings is 4. The van der Waals surface area contributed by atoms with E-state index < -0.39 is 0 Å². The molecule has 0 saturated heterocycles. The van der Waals surface area contributed by atoms with Crippen molar-refractivity contribution >= 4 is 60.3 Å². The molecule has 5 heteroatoms. The summed E-state index contributed by atoms with van der Waals surface area (Å²) in [5.41, 5.74) is 7.16. The summed E-state index contributed by atoms with van der Waals surface area (Å²) in [6.07, 6.45) is 1.86. The highest BCUT2D eigenvalue weighted by atomic mass is 32.1. The van der Waals surface area contributed by atoms with E-state index in [9.17, 15) is 0 Å². The maximum absolute atomic E-state index is 4.73. The maximum Gasteiger partial charge on any atom is 0.138 e. The smallest absolute Gasteiger partial charge is 0.138 e. The van der Waals surface area contributed by atoms with Gasteiger partial charge in [-0.2, -0.15) is 0 Å². The van der Waals surface area contributed by atoms with Crippen molar-refractivity contribution in [1.82, 2.24) is 9.55 Å². The van der Waals surface area contributed by atoms with Crippen molar-refractivity contribution in [2.24, 2.45) is 0 Å². The molecule has 8 rings (SSSR count). The van der Waals surface area contributed by atoms with Crippen LogP contribution in [0.2, 0.25) is 0 Å². The Morgan fingerprint density at radius 2 is 1.26 bits per heavy atom. The fraction of sp³-hybridized carbons (Fsp3) is 0. The number of fused-ring (bicyclic) bond motifs is 3. The molecule has 0 radical (unpaired) electrons. The number of hydrogen-bond donors (Lipinski definition) is 0. The third-order valence-corrected chi connectivity index (χ3v) is 9.95. The topological polar surface area (TPSA) is 21.1 Å². The number of aromatic nitrogens is 2. The summed E-state index contributed by atoms with van der Waals surface area (Å²) in [7, 11) is 0. The van der Waals surface area contributed by atoms with Gasteiger partial charge >= 0.3 is 0 Å². The Balaban J connectivity index is 1.22. The van der Waals surface area contributed by atoms with E-state index in [2.05, 4.69) is 143 Å². The quantitative estimate of drug-likeness (QED) is 0.197. The van der Waals surface area contributed by atoms with Crippen LogP contribution in [0, 0.1) is 0 Å². The van der Waals surface area contributed by atoms with Crippen LogP contribution in [0.5, 0.6) is 0 Å². The molecule has 0 saturated carbocycles. The molecule has 42 heavy (non-hydrogen) atoms. The standard InChI is InChI=1S/C37H25N3S2/c1-3-11-26(12-4-1)27-18-20-29(21-19-27)40(35-17-9-10-24-38-35)36-23-22-33(41-36)34-25-32-37(42-34)30-15-7-8-16-31(30)39(32)28-13-5-2-6-14-28/h1-25H. The van der Waals surface area contributed by atoms with Gasteiger partial charge in [-0.15, -0.1) is 22.7 Å². The van der Waals surface area contributed by atoms with E-state index >= 15 is 0 Å². The Morgan fingerprint density at radius 1 is 0.548 bits per heavy atom. The number of nitrogens with zero attached hydrogens (tertiary/aromatic N) is 3. The molecule has 4 aromatic carbocycles. The van der Waals surface area contributed by atoms with Crippen LogP contribution < -0.4 is 4.90 Å². The first-order valence-corrected chi connectivity index (χ1v) is 15.5. The molecule has 0 aliphatic heterocycles. The van der Waals surface area contributed by atoms with Crippen molar-refractivity contribution in [2.45, 2.75) is 0 Å². The Hall–Kier alpha value is -4.97. The number of rotatable bonds is 6. The summed E-state index contributed by atoms with van der Waals surface area (Å²) >= 11 is 3.66. The van der Waals surface area contributed by atoms with Gasteiger partial charge in [0.2, 0.25) is 0 Å². The summed E-state index contributed by atoms with van der Waals surface area (Å²) in [5, 5.41) is 2.42. The van der Waals surface area contributed by atoms with E-state index in [1.807, 2.05) is 29.7 Å². The minimum atomic E-state index is 0.899. The number of hydrogen-bond acceptors (Lipinski definition) is 4. The van der Waals surface area contributed by atoms with E-state index in [1.54, 1.807) is 11.3 Å². The molecule has 0 amide bonds. The third kappa shape index (κ3) is 4.31. The average Bonchev–Trinajstić information content (AvgIpc) is 3.78. The van der Waals surface area contributed by atoms with E-state index in [0.717, 1.165) is 16.5 Å². The van der Waals surface area contributed by atoms with Crippen LogP contribution in [-0.4, -0.2) is 9.55 Å². The van der Waals surface area contributed by atoms with Crippen molar-refractivity contribution < 1.29 is 0 Å². The Labute approximate surface area is 252 Å². The van der Waals surface area contributed by atoms with Gasteiger partial charge < -0.3 is 4.57 Å². The van der Waals surface area contributed by atoms with Gasteiger partial charge in [-0.3, -0.25) is 4.90 Å². The number of thiophene rings is 2. The Morgan fingerprint density at radius 3 is 2.05 bits per heavy atom. The minimum Gasteiger partial charge on any atom is -0.308 e. The largest absolute Gasteiger partial charge is 0.308 e. The predicted octanol–water partition coefficient (Wildman–Crippen LogP) is 11.1. The normalized spacial score (nSPS) is 11.3. The third-order valence-electron chi connectivity index (χ3n) is 7.52. The Bertz CT molecular complexity index is 2120. The first kappa shape index (κ1) is 24.8. The van der Waals surface area contributed by atoms with Crippen molar-refractivity contribution in [3.63, 3.8) is 0 Å². The molecular weight excluding hydrogens is 551 g/mol. The van der Waals surface area contributed by atoms with Crippen LogP contribution in [-0.2, 0) is 0 Å². The molecular formula is C37H25N3S2. The molecule has 8 aromatic rings.